The lowest BCUT2D eigenvalue weighted by Crippen LogP contribution is -2.20. The number of rotatable bonds is 3. The summed E-state index contributed by atoms with van der Waals surface area (Å²) in [5, 5.41) is -1.38. The average molecular weight is 310 g/mol. The van der Waals surface area contributed by atoms with Crippen molar-refractivity contribution in [3.05, 3.63) is 34.1 Å². The molecule has 0 aliphatic carbocycles. The van der Waals surface area contributed by atoms with Gasteiger partial charge in [-0.2, -0.15) is 0 Å². The summed E-state index contributed by atoms with van der Waals surface area (Å²) >= 11 is 8.81. The van der Waals surface area contributed by atoms with Crippen molar-refractivity contribution in [3.63, 3.8) is 0 Å². The molecule has 0 spiro atoms. The van der Waals surface area contributed by atoms with Crippen LogP contribution in [0.15, 0.2) is 22.7 Å². The third-order valence-corrected chi connectivity index (χ3v) is 2.77. The number of Topliss-reactive ketones (excluding diaryl/α,β-unsaturated/α-hetero) is 1. The molecule has 3 nitrogen and oxygen atoms in total. The largest absolute Gasteiger partial charge is 0.463 e. The van der Waals surface area contributed by atoms with Crippen molar-refractivity contribution >= 4 is 39.3 Å². The maximum Gasteiger partial charge on any atom is 0.376 e. The lowest BCUT2D eigenvalue weighted by Gasteiger charge is -2.08. The molecule has 16 heavy (non-hydrogen) atoms. The van der Waals surface area contributed by atoms with E-state index in [9.17, 15) is 14.0 Å². The highest BCUT2D eigenvalue weighted by Gasteiger charge is 2.27. The van der Waals surface area contributed by atoms with Gasteiger partial charge in [0.05, 0.1) is 7.11 Å². The van der Waals surface area contributed by atoms with Gasteiger partial charge in [0.1, 0.15) is 11.2 Å². The molecule has 1 rings (SSSR count). The molecular formula is C10H7BrClFO3. The van der Waals surface area contributed by atoms with E-state index in [0.717, 1.165) is 13.2 Å². The Balaban J connectivity index is 3.04. The number of methoxy groups -OCH3 is 1. The van der Waals surface area contributed by atoms with E-state index in [-0.39, 0.29) is 5.56 Å². The number of hydrogen-bond donors (Lipinski definition) is 0. The van der Waals surface area contributed by atoms with Gasteiger partial charge in [-0.1, -0.05) is 15.9 Å². The van der Waals surface area contributed by atoms with Crippen molar-refractivity contribution in [2.45, 2.75) is 5.38 Å². The third-order valence-electron chi connectivity index (χ3n) is 1.85. The lowest BCUT2D eigenvalue weighted by atomic mass is 10.1. The summed E-state index contributed by atoms with van der Waals surface area (Å²) < 4.78 is 18.1. The number of carbonyl (C=O) groups is 2. The van der Waals surface area contributed by atoms with Gasteiger partial charge in [-0.3, -0.25) is 4.79 Å². The Bertz CT molecular complexity index is 436. The molecule has 0 aliphatic rings. The molecular weight excluding hydrogens is 302 g/mol. The Labute approximate surface area is 105 Å². The summed E-state index contributed by atoms with van der Waals surface area (Å²) in [5.41, 5.74) is -0.0635. The van der Waals surface area contributed by atoms with Crippen molar-refractivity contribution in [3.8, 4) is 0 Å². The zero-order chi connectivity index (χ0) is 12.3. The quantitative estimate of drug-likeness (QED) is 0.490. The standard InChI is InChI=1S/C10H7BrClFO3/c1-16-10(15)9(14)8(12)6-4-5(11)2-3-7(6)13/h2-4,8H,1H3. The first-order valence-electron chi connectivity index (χ1n) is 4.18. The minimum Gasteiger partial charge on any atom is -0.463 e. The Morgan fingerprint density at radius 1 is 1.50 bits per heavy atom. The van der Waals surface area contributed by atoms with E-state index in [0.29, 0.717) is 4.47 Å². The van der Waals surface area contributed by atoms with Crippen LogP contribution in [0.1, 0.15) is 10.9 Å². The Morgan fingerprint density at radius 3 is 2.69 bits per heavy atom. The number of carbonyl (C=O) groups excluding carboxylic acids is 2. The Hall–Kier alpha value is -0.940. The van der Waals surface area contributed by atoms with Crippen LogP contribution in [-0.4, -0.2) is 18.9 Å². The van der Waals surface area contributed by atoms with Crippen molar-refractivity contribution < 1.29 is 18.7 Å². The average Bonchev–Trinajstić information content (AvgIpc) is 2.29. The van der Waals surface area contributed by atoms with Gasteiger partial charge in [-0.25, -0.2) is 9.18 Å². The van der Waals surface area contributed by atoms with Crippen LogP contribution >= 0.6 is 27.5 Å². The number of halogens is 3. The van der Waals surface area contributed by atoms with Crippen LogP contribution < -0.4 is 0 Å². The van der Waals surface area contributed by atoms with Gasteiger partial charge in [0, 0.05) is 10.0 Å². The van der Waals surface area contributed by atoms with Crippen molar-refractivity contribution in [1.82, 2.24) is 0 Å². The number of ether oxygens (including phenoxy) is 1. The van der Waals surface area contributed by atoms with Crippen LogP contribution in [-0.2, 0) is 14.3 Å². The Morgan fingerprint density at radius 2 is 2.12 bits per heavy atom. The molecule has 0 aromatic heterocycles. The summed E-state index contributed by atoms with van der Waals surface area (Å²) in [6, 6.07) is 3.96. The van der Waals surface area contributed by atoms with Gasteiger partial charge in [-0.15, -0.1) is 11.6 Å². The number of esters is 1. The first-order chi connectivity index (χ1) is 7.47. The molecule has 0 bridgehead atoms. The summed E-state index contributed by atoms with van der Waals surface area (Å²) in [4.78, 5) is 22.3. The maximum absolute atomic E-state index is 13.3. The van der Waals surface area contributed by atoms with E-state index in [1.54, 1.807) is 0 Å². The molecule has 0 fully saturated rings. The Kier molecular flexibility index (Phi) is 4.44. The fourth-order valence-electron chi connectivity index (χ4n) is 1.05. The molecule has 1 unspecified atom stereocenters. The molecule has 0 heterocycles. The smallest absolute Gasteiger partial charge is 0.376 e. The first-order valence-corrected chi connectivity index (χ1v) is 5.41. The second-order valence-corrected chi connectivity index (χ2v) is 4.24. The van der Waals surface area contributed by atoms with Crippen molar-refractivity contribution in [2.24, 2.45) is 0 Å². The van der Waals surface area contributed by atoms with Crippen LogP contribution in [0.5, 0.6) is 0 Å². The van der Waals surface area contributed by atoms with E-state index < -0.39 is 22.9 Å². The molecule has 0 amide bonds. The summed E-state index contributed by atoms with van der Waals surface area (Å²) in [7, 11) is 1.06. The van der Waals surface area contributed by atoms with E-state index in [2.05, 4.69) is 20.7 Å². The lowest BCUT2D eigenvalue weighted by molar-refractivity contribution is -0.151. The highest BCUT2D eigenvalue weighted by molar-refractivity contribution is 9.10. The second-order valence-electron chi connectivity index (χ2n) is 2.88. The van der Waals surface area contributed by atoms with Crippen LogP contribution in [0.2, 0.25) is 0 Å². The predicted octanol–water partition coefficient (Wildman–Crippen LogP) is 2.61. The van der Waals surface area contributed by atoms with Crippen molar-refractivity contribution in [1.29, 1.82) is 0 Å². The van der Waals surface area contributed by atoms with Crippen LogP contribution in [0.25, 0.3) is 0 Å². The van der Waals surface area contributed by atoms with Crippen molar-refractivity contribution in [2.75, 3.05) is 7.11 Å². The third kappa shape index (κ3) is 2.80. The van der Waals surface area contributed by atoms with Gasteiger partial charge in [0.2, 0.25) is 0 Å². The highest BCUT2D eigenvalue weighted by atomic mass is 79.9. The zero-order valence-electron chi connectivity index (χ0n) is 8.17. The zero-order valence-corrected chi connectivity index (χ0v) is 10.5. The molecule has 0 N–H and O–H groups in total. The van der Waals surface area contributed by atoms with Crippen LogP contribution in [0, 0.1) is 5.82 Å². The molecule has 1 aromatic rings. The molecule has 1 aromatic carbocycles. The minimum absolute atomic E-state index is 0.0635. The van der Waals surface area contributed by atoms with Gasteiger partial charge in [0.25, 0.3) is 5.78 Å². The number of hydrogen-bond acceptors (Lipinski definition) is 3. The van der Waals surface area contributed by atoms with Crippen LogP contribution in [0.3, 0.4) is 0 Å². The van der Waals surface area contributed by atoms with Gasteiger partial charge in [-0.05, 0) is 18.2 Å². The first kappa shape index (κ1) is 13.1. The molecule has 6 heteroatoms. The second kappa shape index (κ2) is 5.41. The minimum atomic E-state index is -1.38. The number of benzene rings is 1. The molecule has 0 saturated heterocycles. The normalized spacial score (nSPS) is 12.0. The van der Waals surface area contributed by atoms with Gasteiger partial charge >= 0.3 is 5.97 Å². The molecule has 0 aliphatic heterocycles. The fourth-order valence-corrected chi connectivity index (χ4v) is 1.69. The summed E-state index contributed by atoms with van der Waals surface area (Å²) in [5.74, 6) is -2.75. The fraction of sp³-hybridized carbons (Fsp3) is 0.200. The van der Waals surface area contributed by atoms with E-state index in [4.69, 9.17) is 11.6 Å². The molecule has 0 saturated carbocycles. The highest BCUT2D eigenvalue weighted by Crippen LogP contribution is 2.27. The summed E-state index contributed by atoms with van der Waals surface area (Å²) in [6.45, 7) is 0. The molecule has 86 valence electrons. The van der Waals surface area contributed by atoms with Gasteiger partial charge < -0.3 is 4.74 Å². The maximum atomic E-state index is 13.3. The number of alkyl halides is 1. The predicted molar refractivity (Wildman–Crippen MR) is 59.7 cm³/mol. The number of ketones is 1. The van der Waals surface area contributed by atoms with Gasteiger partial charge in [0.15, 0.2) is 0 Å². The van der Waals surface area contributed by atoms with E-state index in [1.165, 1.54) is 12.1 Å². The summed E-state index contributed by atoms with van der Waals surface area (Å²) in [6.07, 6.45) is 0. The topological polar surface area (TPSA) is 43.4 Å². The SMILES string of the molecule is COC(=O)C(=O)C(Cl)c1cc(Br)ccc1F. The van der Waals surface area contributed by atoms with E-state index >= 15 is 0 Å². The van der Waals surface area contributed by atoms with E-state index in [1.807, 2.05) is 0 Å². The van der Waals surface area contributed by atoms with Crippen LogP contribution in [0.4, 0.5) is 4.39 Å². The monoisotopic (exact) mass is 308 g/mol. The molecule has 0 radical (unpaired) electrons. The molecule has 1 atom stereocenters.